The third kappa shape index (κ3) is 3.51. The summed E-state index contributed by atoms with van der Waals surface area (Å²) in [5.41, 5.74) is 0.835. The van der Waals surface area contributed by atoms with E-state index in [1.54, 1.807) is 11.9 Å². The summed E-state index contributed by atoms with van der Waals surface area (Å²) >= 11 is 3.38. The van der Waals surface area contributed by atoms with Crippen molar-refractivity contribution in [3.8, 4) is 0 Å². The second-order valence-corrected chi connectivity index (χ2v) is 7.11. The van der Waals surface area contributed by atoms with Gasteiger partial charge in [-0.05, 0) is 36.6 Å². The molecule has 3 rings (SSSR count). The summed E-state index contributed by atoms with van der Waals surface area (Å²) in [7, 11) is 1.75. The lowest BCUT2D eigenvalue weighted by Crippen LogP contribution is -2.40. The first-order valence-corrected chi connectivity index (χ1v) is 8.67. The molecule has 1 saturated carbocycles. The van der Waals surface area contributed by atoms with Gasteiger partial charge >= 0.3 is 0 Å². The number of nitrogens with one attached hydrogen (secondary N) is 1. The Labute approximate surface area is 150 Å². The van der Waals surface area contributed by atoms with Crippen molar-refractivity contribution in [2.45, 2.75) is 19.4 Å². The third-order valence-corrected chi connectivity index (χ3v) is 4.78. The van der Waals surface area contributed by atoms with Gasteiger partial charge in [0, 0.05) is 23.8 Å². The molecule has 1 aliphatic rings. The van der Waals surface area contributed by atoms with Gasteiger partial charge in [0.05, 0.1) is 0 Å². The molecule has 2 aromatic rings. The van der Waals surface area contributed by atoms with Crippen LogP contribution in [0.5, 0.6) is 0 Å². The highest BCUT2D eigenvalue weighted by atomic mass is 79.9. The number of hydrogen-bond donors (Lipinski definition) is 1. The summed E-state index contributed by atoms with van der Waals surface area (Å²) in [5, 5.41) is 2.87. The molecule has 5 heteroatoms. The Bertz CT molecular complexity index is 757. The Morgan fingerprint density at radius 2 is 1.83 bits per heavy atom. The lowest BCUT2D eigenvalue weighted by atomic mass is 10.0. The Balaban J connectivity index is 1.68. The smallest absolute Gasteiger partial charge is 0.240 e. The van der Waals surface area contributed by atoms with Gasteiger partial charge in [0.1, 0.15) is 5.41 Å². The van der Waals surface area contributed by atoms with E-state index in [-0.39, 0.29) is 11.8 Å². The molecule has 0 spiro atoms. The first-order valence-electron chi connectivity index (χ1n) is 7.88. The summed E-state index contributed by atoms with van der Waals surface area (Å²) < 4.78 is 0.887. The van der Waals surface area contributed by atoms with Crippen LogP contribution in [0.4, 0.5) is 5.69 Å². The zero-order chi connectivity index (χ0) is 17.2. The van der Waals surface area contributed by atoms with E-state index in [4.69, 9.17) is 0 Å². The molecule has 0 bridgehead atoms. The monoisotopic (exact) mass is 386 g/mol. The van der Waals surface area contributed by atoms with Crippen LogP contribution < -0.4 is 5.32 Å². The molecule has 124 valence electrons. The summed E-state index contributed by atoms with van der Waals surface area (Å²) in [4.78, 5) is 27.1. The largest absolute Gasteiger partial charge is 0.340 e. The summed E-state index contributed by atoms with van der Waals surface area (Å²) in [6.07, 6.45) is 1.20. The number of halogens is 1. The molecule has 0 aromatic heterocycles. The van der Waals surface area contributed by atoms with Gasteiger partial charge in [0.2, 0.25) is 11.8 Å². The summed E-state index contributed by atoms with van der Waals surface area (Å²) in [6.45, 7) is 0.506. The zero-order valence-electron chi connectivity index (χ0n) is 13.5. The van der Waals surface area contributed by atoms with Crippen LogP contribution in [0.15, 0.2) is 59.1 Å². The topological polar surface area (TPSA) is 49.4 Å². The van der Waals surface area contributed by atoms with E-state index in [0.717, 1.165) is 10.0 Å². The highest BCUT2D eigenvalue weighted by Gasteiger charge is 2.57. The zero-order valence-corrected chi connectivity index (χ0v) is 15.0. The molecule has 1 fully saturated rings. The van der Waals surface area contributed by atoms with Crippen molar-refractivity contribution in [3.63, 3.8) is 0 Å². The van der Waals surface area contributed by atoms with Gasteiger partial charge in [-0.2, -0.15) is 0 Å². The first-order chi connectivity index (χ1) is 11.5. The first kappa shape index (κ1) is 16.7. The van der Waals surface area contributed by atoms with E-state index in [1.807, 2.05) is 54.6 Å². The van der Waals surface area contributed by atoms with Gasteiger partial charge in [-0.1, -0.05) is 52.3 Å². The van der Waals surface area contributed by atoms with Crippen molar-refractivity contribution in [1.82, 2.24) is 4.90 Å². The van der Waals surface area contributed by atoms with Gasteiger partial charge in [0.15, 0.2) is 0 Å². The Kier molecular flexibility index (Phi) is 4.71. The van der Waals surface area contributed by atoms with Crippen LogP contribution in [-0.4, -0.2) is 23.8 Å². The fraction of sp³-hybridized carbons (Fsp3) is 0.263. The molecule has 24 heavy (non-hydrogen) atoms. The molecule has 1 N–H and O–H groups in total. The maximum absolute atomic E-state index is 12.8. The molecular formula is C19H19BrN2O2. The summed E-state index contributed by atoms with van der Waals surface area (Å²) in [6, 6.07) is 17.2. The van der Waals surface area contributed by atoms with E-state index in [2.05, 4.69) is 21.2 Å². The predicted molar refractivity (Wildman–Crippen MR) is 97.4 cm³/mol. The predicted octanol–water partition coefficient (Wildman–Crippen LogP) is 3.83. The fourth-order valence-electron chi connectivity index (χ4n) is 2.77. The van der Waals surface area contributed by atoms with Crippen molar-refractivity contribution in [2.75, 3.05) is 12.4 Å². The quantitative estimate of drug-likeness (QED) is 0.793. The highest BCUT2D eigenvalue weighted by Crippen LogP contribution is 2.48. The molecule has 0 atom stereocenters. The van der Waals surface area contributed by atoms with Gasteiger partial charge in [0.25, 0.3) is 0 Å². The minimum Gasteiger partial charge on any atom is -0.340 e. The maximum Gasteiger partial charge on any atom is 0.240 e. The highest BCUT2D eigenvalue weighted by molar-refractivity contribution is 9.10. The average molecular weight is 387 g/mol. The number of anilines is 1. The van der Waals surface area contributed by atoms with E-state index in [0.29, 0.717) is 25.1 Å². The molecule has 0 saturated heterocycles. The molecule has 2 aromatic carbocycles. The minimum absolute atomic E-state index is 0.112. The molecule has 4 nitrogen and oxygen atoms in total. The van der Waals surface area contributed by atoms with Crippen LogP contribution in [0.1, 0.15) is 18.4 Å². The van der Waals surface area contributed by atoms with Crippen molar-refractivity contribution in [2.24, 2.45) is 5.41 Å². The van der Waals surface area contributed by atoms with Crippen molar-refractivity contribution in [3.05, 3.63) is 64.6 Å². The van der Waals surface area contributed by atoms with Crippen LogP contribution in [0.2, 0.25) is 0 Å². The number of carbonyl (C=O) groups excluding carboxylic acids is 2. The van der Waals surface area contributed by atoms with Crippen molar-refractivity contribution < 1.29 is 9.59 Å². The number of nitrogens with zero attached hydrogens (tertiary/aromatic N) is 1. The van der Waals surface area contributed by atoms with E-state index in [1.165, 1.54) is 0 Å². The molecule has 0 unspecified atom stereocenters. The maximum atomic E-state index is 12.8. The normalized spacial score (nSPS) is 14.8. The van der Waals surface area contributed by atoms with Gasteiger partial charge in [-0.3, -0.25) is 9.59 Å². The second kappa shape index (κ2) is 6.77. The van der Waals surface area contributed by atoms with E-state index < -0.39 is 5.41 Å². The SMILES string of the molecule is CN(Cc1ccccc1)C(=O)C1(C(=O)Nc2cccc(Br)c2)CC1. The average Bonchev–Trinajstić information content (AvgIpc) is 3.37. The molecule has 0 aliphatic heterocycles. The number of amides is 2. The number of benzene rings is 2. The van der Waals surface area contributed by atoms with Crippen LogP contribution >= 0.6 is 15.9 Å². The van der Waals surface area contributed by atoms with Crippen LogP contribution in [-0.2, 0) is 16.1 Å². The molecule has 0 radical (unpaired) electrons. The standard InChI is InChI=1S/C19H19BrN2O2/c1-22(13-14-6-3-2-4-7-14)18(24)19(10-11-19)17(23)21-16-9-5-8-15(20)12-16/h2-9,12H,10-11,13H2,1H3,(H,21,23). The molecule has 0 heterocycles. The lowest BCUT2D eigenvalue weighted by molar-refractivity contribution is -0.141. The molecule has 2 amide bonds. The van der Waals surface area contributed by atoms with Gasteiger partial charge < -0.3 is 10.2 Å². The van der Waals surface area contributed by atoms with E-state index >= 15 is 0 Å². The number of hydrogen-bond acceptors (Lipinski definition) is 2. The molecular weight excluding hydrogens is 368 g/mol. The second-order valence-electron chi connectivity index (χ2n) is 6.19. The van der Waals surface area contributed by atoms with E-state index in [9.17, 15) is 9.59 Å². The molecule has 1 aliphatic carbocycles. The van der Waals surface area contributed by atoms with Crippen LogP contribution in [0.25, 0.3) is 0 Å². The summed E-state index contributed by atoms with van der Waals surface area (Å²) in [5.74, 6) is -0.329. The Hall–Kier alpha value is -2.14. The van der Waals surface area contributed by atoms with Crippen molar-refractivity contribution >= 4 is 33.4 Å². The lowest BCUT2D eigenvalue weighted by Gasteiger charge is -2.23. The van der Waals surface area contributed by atoms with Crippen LogP contribution in [0, 0.1) is 5.41 Å². The van der Waals surface area contributed by atoms with Crippen LogP contribution in [0.3, 0.4) is 0 Å². The number of carbonyl (C=O) groups is 2. The third-order valence-electron chi connectivity index (χ3n) is 4.29. The fourth-order valence-corrected chi connectivity index (χ4v) is 3.17. The Morgan fingerprint density at radius 3 is 2.46 bits per heavy atom. The number of rotatable bonds is 5. The van der Waals surface area contributed by atoms with Crippen molar-refractivity contribution in [1.29, 1.82) is 0 Å². The van der Waals surface area contributed by atoms with Gasteiger partial charge in [-0.25, -0.2) is 0 Å². The van der Waals surface area contributed by atoms with Gasteiger partial charge in [-0.15, -0.1) is 0 Å². The minimum atomic E-state index is -0.911. The Morgan fingerprint density at radius 1 is 1.12 bits per heavy atom.